The van der Waals surface area contributed by atoms with Crippen LogP contribution in [0, 0.1) is 17.8 Å². The van der Waals surface area contributed by atoms with Gasteiger partial charge in [-0.15, -0.1) is 11.3 Å². The monoisotopic (exact) mass is 363 g/mol. The topological polar surface area (TPSA) is 46.2 Å². The summed E-state index contributed by atoms with van der Waals surface area (Å²) in [6, 6.07) is 3.48. The summed E-state index contributed by atoms with van der Waals surface area (Å²) in [6.07, 6.45) is 5.13. The van der Waals surface area contributed by atoms with Crippen molar-refractivity contribution >= 4 is 37.3 Å². The number of halogens is 1. The van der Waals surface area contributed by atoms with Gasteiger partial charge >= 0.3 is 0 Å². The second-order valence-corrected chi connectivity index (χ2v) is 10.2. The number of sulfonamides is 1. The van der Waals surface area contributed by atoms with E-state index in [2.05, 4.69) is 20.7 Å². The number of hydrogen-bond acceptors (Lipinski definition) is 3. The highest BCUT2D eigenvalue weighted by atomic mass is 79.9. The van der Waals surface area contributed by atoms with Crippen LogP contribution in [-0.4, -0.2) is 14.5 Å². The lowest BCUT2D eigenvalue weighted by Gasteiger charge is -2.28. The maximum atomic E-state index is 12.3. The van der Waals surface area contributed by atoms with Gasteiger partial charge in [0.05, 0.1) is 3.79 Å². The van der Waals surface area contributed by atoms with Gasteiger partial charge in [0.25, 0.3) is 0 Å². The molecule has 0 unspecified atom stereocenters. The van der Waals surface area contributed by atoms with Gasteiger partial charge in [-0.25, -0.2) is 13.1 Å². The summed E-state index contributed by atoms with van der Waals surface area (Å²) in [6.45, 7) is 2.02. The Morgan fingerprint density at radius 3 is 2.68 bits per heavy atom. The molecule has 6 heteroatoms. The number of fused-ring (bicyclic) bond motifs is 2. The number of hydrogen-bond donors (Lipinski definition) is 1. The molecule has 0 spiro atoms. The summed E-state index contributed by atoms with van der Waals surface area (Å²) in [7, 11) is -3.35. The van der Waals surface area contributed by atoms with Crippen LogP contribution < -0.4 is 4.72 Å². The van der Waals surface area contributed by atoms with Crippen molar-refractivity contribution < 1.29 is 8.42 Å². The zero-order chi connectivity index (χ0) is 13.6. The van der Waals surface area contributed by atoms with E-state index in [0.717, 1.165) is 15.6 Å². The minimum Gasteiger partial charge on any atom is -0.207 e. The molecular weight excluding hydrogens is 346 g/mol. The van der Waals surface area contributed by atoms with Crippen LogP contribution in [0.3, 0.4) is 0 Å². The van der Waals surface area contributed by atoms with Crippen LogP contribution in [0.5, 0.6) is 0 Å². The van der Waals surface area contributed by atoms with E-state index in [1.165, 1.54) is 37.0 Å². The van der Waals surface area contributed by atoms with E-state index in [1.54, 1.807) is 12.1 Å². The standard InChI is InChI=1S/C13H18BrNO2S2/c1-8(11-7-9-2-3-10(11)6-9)15-19(16,17)13-5-4-12(14)18-13/h4-5,8-11,15H,2-3,6-7H2,1H3/t8-,9-,10-,11-/m0/s1. The van der Waals surface area contributed by atoms with E-state index < -0.39 is 10.0 Å². The fourth-order valence-corrected chi connectivity index (χ4v) is 7.06. The number of rotatable bonds is 4. The number of thiophene rings is 1. The van der Waals surface area contributed by atoms with E-state index in [1.807, 2.05) is 6.92 Å². The third-order valence-corrected chi connectivity index (χ3v) is 8.26. The normalized spacial score (nSPS) is 31.8. The maximum Gasteiger partial charge on any atom is 0.250 e. The Hall–Kier alpha value is 0.0900. The average Bonchev–Trinajstić information content (AvgIpc) is 3.02. The molecule has 1 aromatic rings. The lowest BCUT2D eigenvalue weighted by Crippen LogP contribution is -2.39. The summed E-state index contributed by atoms with van der Waals surface area (Å²) < 4.78 is 28.7. The fourth-order valence-electron chi connectivity index (χ4n) is 3.74. The first-order chi connectivity index (χ1) is 8.95. The lowest BCUT2D eigenvalue weighted by atomic mass is 9.84. The van der Waals surface area contributed by atoms with Crippen LogP contribution in [0.1, 0.15) is 32.6 Å². The fraction of sp³-hybridized carbons (Fsp3) is 0.692. The molecule has 1 aromatic heterocycles. The summed E-state index contributed by atoms with van der Waals surface area (Å²) in [5.74, 6) is 2.10. The Labute approximate surface area is 127 Å². The first-order valence-corrected chi connectivity index (χ1v) is 9.82. The highest BCUT2D eigenvalue weighted by molar-refractivity contribution is 9.11. The van der Waals surface area contributed by atoms with Gasteiger partial charge in [0, 0.05) is 6.04 Å². The van der Waals surface area contributed by atoms with Gasteiger partial charge in [0.1, 0.15) is 4.21 Å². The smallest absolute Gasteiger partial charge is 0.207 e. The molecule has 0 saturated heterocycles. The SMILES string of the molecule is C[C@H](NS(=O)(=O)c1ccc(Br)s1)[C@@H]1C[C@H]2CC[C@H]1C2. The molecule has 0 aliphatic heterocycles. The van der Waals surface area contributed by atoms with Crippen molar-refractivity contribution in [3.63, 3.8) is 0 Å². The Morgan fingerprint density at radius 1 is 1.37 bits per heavy atom. The predicted molar refractivity (Wildman–Crippen MR) is 80.7 cm³/mol. The Balaban J connectivity index is 1.71. The van der Waals surface area contributed by atoms with Crippen molar-refractivity contribution in [1.82, 2.24) is 4.72 Å². The van der Waals surface area contributed by atoms with Crippen LogP contribution in [-0.2, 0) is 10.0 Å². The summed E-state index contributed by atoms with van der Waals surface area (Å²) in [4.78, 5) is 0. The zero-order valence-corrected chi connectivity index (χ0v) is 14.0. The van der Waals surface area contributed by atoms with Gasteiger partial charge in [0.2, 0.25) is 10.0 Å². The van der Waals surface area contributed by atoms with E-state index in [4.69, 9.17) is 0 Å². The van der Waals surface area contributed by atoms with Gasteiger partial charge < -0.3 is 0 Å². The third kappa shape index (κ3) is 2.77. The van der Waals surface area contributed by atoms with Crippen molar-refractivity contribution in [3.05, 3.63) is 15.9 Å². The molecule has 4 atom stereocenters. The predicted octanol–water partition coefficient (Wildman–Crippen LogP) is 3.61. The molecular formula is C13H18BrNO2S2. The minimum absolute atomic E-state index is 0.0428. The molecule has 2 aliphatic rings. The zero-order valence-electron chi connectivity index (χ0n) is 10.8. The minimum atomic E-state index is -3.35. The molecule has 1 heterocycles. The van der Waals surface area contributed by atoms with Gasteiger partial charge in [-0.05, 0) is 72.0 Å². The molecule has 2 saturated carbocycles. The second kappa shape index (κ2) is 5.13. The molecule has 106 valence electrons. The Bertz CT molecular complexity index is 569. The van der Waals surface area contributed by atoms with E-state index in [-0.39, 0.29) is 6.04 Å². The van der Waals surface area contributed by atoms with Crippen molar-refractivity contribution in [3.8, 4) is 0 Å². The molecule has 0 aromatic carbocycles. The van der Waals surface area contributed by atoms with E-state index in [9.17, 15) is 8.42 Å². The molecule has 19 heavy (non-hydrogen) atoms. The van der Waals surface area contributed by atoms with Gasteiger partial charge in [-0.3, -0.25) is 0 Å². The first kappa shape index (κ1) is 14.0. The van der Waals surface area contributed by atoms with Gasteiger partial charge in [0.15, 0.2) is 0 Å². The van der Waals surface area contributed by atoms with Crippen LogP contribution >= 0.6 is 27.3 Å². The highest BCUT2D eigenvalue weighted by Gasteiger charge is 2.42. The lowest BCUT2D eigenvalue weighted by molar-refractivity contribution is 0.280. The summed E-state index contributed by atoms with van der Waals surface area (Å²) >= 11 is 4.57. The van der Waals surface area contributed by atoms with Crippen molar-refractivity contribution in [2.45, 2.75) is 42.9 Å². The molecule has 3 nitrogen and oxygen atoms in total. The maximum absolute atomic E-state index is 12.3. The summed E-state index contributed by atoms with van der Waals surface area (Å²) in [5, 5.41) is 0. The second-order valence-electron chi connectivity index (χ2n) is 5.81. The molecule has 3 rings (SSSR count). The largest absolute Gasteiger partial charge is 0.250 e. The Morgan fingerprint density at radius 2 is 2.16 bits per heavy atom. The molecule has 1 N–H and O–H groups in total. The van der Waals surface area contributed by atoms with E-state index >= 15 is 0 Å². The Kier molecular flexibility index (Phi) is 3.79. The van der Waals surface area contributed by atoms with E-state index in [0.29, 0.717) is 10.1 Å². The summed E-state index contributed by atoms with van der Waals surface area (Å²) in [5.41, 5.74) is 0. The molecule has 2 aliphatic carbocycles. The highest BCUT2D eigenvalue weighted by Crippen LogP contribution is 2.49. The van der Waals surface area contributed by atoms with Crippen LogP contribution in [0.15, 0.2) is 20.1 Å². The van der Waals surface area contributed by atoms with Gasteiger partial charge in [-0.2, -0.15) is 0 Å². The quantitative estimate of drug-likeness (QED) is 0.887. The average molecular weight is 364 g/mol. The van der Waals surface area contributed by atoms with Crippen LogP contribution in [0.2, 0.25) is 0 Å². The molecule has 2 bridgehead atoms. The van der Waals surface area contributed by atoms with Crippen molar-refractivity contribution in [2.24, 2.45) is 17.8 Å². The van der Waals surface area contributed by atoms with Gasteiger partial charge in [-0.1, -0.05) is 6.42 Å². The molecule has 2 fully saturated rings. The molecule has 0 radical (unpaired) electrons. The van der Waals surface area contributed by atoms with Crippen LogP contribution in [0.4, 0.5) is 0 Å². The number of nitrogens with one attached hydrogen (secondary N) is 1. The van der Waals surface area contributed by atoms with Crippen molar-refractivity contribution in [1.29, 1.82) is 0 Å². The molecule has 0 amide bonds. The van der Waals surface area contributed by atoms with Crippen LogP contribution in [0.25, 0.3) is 0 Å². The first-order valence-electron chi connectivity index (χ1n) is 6.73. The van der Waals surface area contributed by atoms with Crippen molar-refractivity contribution in [2.75, 3.05) is 0 Å². The third-order valence-electron chi connectivity index (χ3n) is 4.59.